The summed E-state index contributed by atoms with van der Waals surface area (Å²) in [6.07, 6.45) is 1.82. The number of benzene rings is 2. The van der Waals surface area contributed by atoms with Crippen LogP contribution in [0.3, 0.4) is 0 Å². The van der Waals surface area contributed by atoms with E-state index in [0.29, 0.717) is 17.7 Å². The van der Waals surface area contributed by atoms with Gasteiger partial charge in [0.05, 0.1) is 0 Å². The van der Waals surface area contributed by atoms with Crippen molar-refractivity contribution >= 4 is 11.8 Å². The third-order valence-corrected chi connectivity index (χ3v) is 4.93. The van der Waals surface area contributed by atoms with Crippen LogP contribution in [-0.2, 0) is 6.42 Å². The van der Waals surface area contributed by atoms with E-state index in [2.05, 4.69) is 29.4 Å². The molecule has 5 nitrogen and oxygen atoms in total. The molecule has 0 bridgehead atoms. The van der Waals surface area contributed by atoms with Crippen molar-refractivity contribution in [3.8, 4) is 0 Å². The molecule has 0 unspecified atom stereocenters. The molecule has 2 aromatic rings. The minimum absolute atomic E-state index is 0.00169. The average molecular weight is 365 g/mol. The second-order valence-corrected chi connectivity index (χ2v) is 7.02. The molecule has 0 spiro atoms. The Morgan fingerprint density at radius 1 is 0.926 bits per heavy atom. The van der Waals surface area contributed by atoms with Gasteiger partial charge in [-0.3, -0.25) is 9.59 Å². The van der Waals surface area contributed by atoms with E-state index in [1.165, 1.54) is 5.56 Å². The summed E-state index contributed by atoms with van der Waals surface area (Å²) < 4.78 is 0. The Hall–Kier alpha value is -2.66. The van der Waals surface area contributed by atoms with Gasteiger partial charge in [-0.1, -0.05) is 36.4 Å². The van der Waals surface area contributed by atoms with Crippen molar-refractivity contribution < 1.29 is 9.59 Å². The molecule has 2 aromatic carbocycles. The summed E-state index contributed by atoms with van der Waals surface area (Å²) in [6, 6.07) is 17.3. The van der Waals surface area contributed by atoms with Crippen LogP contribution in [0.4, 0.5) is 0 Å². The first-order chi connectivity index (χ1) is 13.1. The molecule has 0 atom stereocenters. The van der Waals surface area contributed by atoms with Crippen molar-refractivity contribution in [1.29, 1.82) is 0 Å². The highest BCUT2D eigenvalue weighted by molar-refractivity contribution is 5.99. The minimum Gasteiger partial charge on any atom is -0.352 e. The number of carbonyl (C=O) groups is 2. The van der Waals surface area contributed by atoms with Crippen molar-refractivity contribution in [1.82, 2.24) is 15.1 Å². The summed E-state index contributed by atoms with van der Waals surface area (Å²) in [5, 5.41) is 2.95. The fourth-order valence-corrected chi connectivity index (χ4v) is 3.23. The maximum Gasteiger partial charge on any atom is 0.253 e. The number of aryl methyl sites for hydroxylation is 1. The molecule has 0 radical (unpaired) electrons. The molecule has 0 saturated carbocycles. The number of likely N-dealkylation sites (N-methyl/N-ethyl adjacent to an activating group) is 1. The van der Waals surface area contributed by atoms with E-state index in [4.69, 9.17) is 0 Å². The number of amides is 2. The van der Waals surface area contributed by atoms with Crippen molar-refractivity contribution in [2.75, 3.05) is 39.8 Å². The second-order valence-electron chi connectivity index (χ2n) is 7.02. The van der Waals surface area contributed by atoms with Gasteiger partial charge in [-0.05, 0) is 43.7 Å². The Bertz CT molecular complexity index is 768. The Morgan fingerprint density at radius 2 is 1.63 bits per heavy atom. The van der Waals surface area contributed by atoms with E-state index in [1.807, 2.05) is 23.1 Å². The molecule has 1 aliphatic rings. The smallest absolute Gasteiger partial charge is 0.253 e. The summed E-state index contributed by atoms with van der Waals surface area (Å²) >= 11 is 0. The Balaban J connectivity index is 1.51. The lowest BCUT2D eigenvalue weighted by atomic mass is 10.1. The van der Waals surface area contributed by atoms with Gasteiger partial charge in [0.1, 0.15) is 0 Å². The summed E-state index contributed by atoms with van der Waals surface area (Å²) in [6.45, 7) is 3.83. The van der Waals surface area contributed by atoms with E-state index >= 15 is 0 Å². The zero-order valence-corrected chi connectivity index (χ0v) is 15.9. The quantitative estimate of drug-likeness (QED) is 0.800. The zero-order valence-electron chi connectivity index (χ0n) is 15.9. The molecule has 1 aliphatic heterocycles. The van der Waals surface area contributed by atoms with Crippen molar-refractivity contribution in [3.63, 3.8) is 0 Å². The van der Waals surface area contributed by atoms with Gasteiger partial charge < -0.3 is 15.1 Å². The van der Waals surface area contributed by atoms with E-state index in [0.717, 1.165) is 39.0 Å². The standard InChI is InChI=1S/C22H27N3O2/c1-24-13-15-25(16-14-24)22(27)20-11-5-10-19(17-20)21(26)23-12-6-9-18-7-3-2-4-8-18/h2-5,7-8,10-11,17H,6,9,12-16H2,1H3,(H,23,26). The van der Waals surface area contributed by atoms with E-state index in [-0.39, 0.29) is 11.8 Å². The molecule has 1 saturated heterocycles. The number of hydrogen-bond donors (Lipinski definition) is 1. The van der Waals surface area contributed by atoms with Gasteiger partial charge in [0.2, 0.25) is 0 Å². The van der Waals surface area contributed by atoms with Crippen LogP contribution in [0.5, 0.6) is 0 Å². The SMILES string of the molecule is CN1CCN(C(=O)c2cccc(C(=O)NCCCc3ccccc3)c2)CC1. The zero-order chi connectivity index (χ0) is 19.1. The molecule has 27 heavy (non-hydrogen) atoms. The predicted octanol–water partition coefficient (Wildman–Crippen LogP) is 2.44. The molecule has 5 heteroatoms. The largest absolute Gasteiger partial charge is 0.352 e. The average Bonchev–Trinajstić information content (AvgIpc) is 2.72. The van der Waals surface area contributed by atoms with Gasteiger partial charge in [0.15, 0.2) is 0 Å². The van der Waals surface area contributed by atoms with Gasteiger partial charge in [0.25, 0.3) is 11.8 Å². The molecule has 2 amide bonds. The van der Waals surface area contributed by atoms with Gasteiger partial charge in [-0.2, -0.15) is 0 Å². The Kier molecular flexibility index (Phi) is 6.60. The minimum atomic E-state index is -0.129. The molecule has 1 heterocycles. The van der Waals surface area contributed by atoms with Gasteiger partial charge in [-0.15, -0.1) is 0 Å². The van der Waals surface area contributed by atoms with E-state index in [9.17, 15) is 9.59 Å². The highest BCUT2D eigenvalue weighted by Crippen LogP contribution is 2.11. The molecule has 142 valence electrons. The van der Waals surface area contributed by atoms with E-state index in [1.54, 1.807) is 24.3 Å². The van der Waals surface area contributed by atoms with Crippen LogP contribution < -0.4 is 5.32 Å². The summed E-state index contributed by atoms with van der Waals surface area (Å²) in [5.41, 5.74) is 2.39. The second kappa shape index (κ2) is 9.33. The first kappa shape index (κ1) is 19.1. The lowest BCUT2D eigenvalue weighted by Gasteiger charge is -2.32. The van der Waals surface area contributed by atoms with Gasteiger partial charge >= 0.3 is 0 Å². The van der Waals surface area contributed by atoms with Gasteiger partial charge in [0, 0.05) is 43.9 Å². The first-order valence-corrected chi connectivity index (χ1v) is 9.53. The first-order valence-electron chi connectivity index (χ1n) is 9.53. The van der Waals surface area contributed by atoms with Crippen LogP contribution in [0.1, 0.15) is 32.7 Å². The predicted molar refractivity (Wildman–Crippen MR) is 107 cm³/mol. The highest BCUT2D eigenvalue weighted by Gasteiger charge is 2.21. The summed E-state index contributed by atoms with van der Waals surface area (Å²) in [4.78, 5) is 29.2. The maximum atomic E-state index is 12.7. The van der Waals surface area contributed by atoms with E-state index < -0.39 is 0 Å². The lowest BCUT2D eigenvalue weighted by molar-refractivity contribution is 0.0664. The number of hydrogen-bond acceptors (Lipinski definition) is 3. The Morgan fingerprint density at radius 3 is 2.37 bits per heavy atom. The lowest BCUT2D eigenvalue weighted by Crippen LogP contribution is -2.47. The molecule has 3 rings (SSSR count). The monoisotopic (exact) mass is 365 g/mol. The number of nitrogens with zero attached hydrogens (tertiary/aromatic N) is 2. The van der Waals surface area contributed by atoms with Crippen molar-refractivity contribution in [3.05, 3.63) is 71.3 Å². The number of rotatable bonds is 6. The van der Waals surface area contributed by atoms with Crippen molar-refractivity contribution in [2.45, 2.75) is 12.8 Å². The van der Waals surface area contributed by atoms with Crippen LogP contribution in [0.15, 0.2) is 54.6 Å². The van der Waals surface area contributed by atoms with Gasteiger partial charge in [-0.25, -0.2) is 0 Å². The number of piperazine rings is 1. The third-order valence-electron chi connectivity index (χ3n) is 4.93. The normalized spacial score (nSPS) is 14.8. The van der Waals surface area contributed by atoms with Crippen LogP contribution in [0.25, 0.3) is 0 Å². The Labute approximate surface area is 161 Å². The molecular formula is C22H27N3O2. The van der Waals surface area contributed by atoms with Crippen LogP contribution >= 0.6 is 0 Å². The highest BCUT2D eigenvalue weighted by atomic mass is 16.2. The molecule has 0 aromatic heterocycles. The third kappa shape index (κ3) is 5.41. The van der Waals surface area contributed by atoms with Crippen molar-refractivity contribution in [2.24, 2.45) is 0 Å². The molecule has 1 N–H and O–H groups in total. The fraction of sp³-hybridized carbons (Fsp3) is 0.364. The molecular weight excluding hydrogens is 338 g/mol. The summed E-state index contributed by atoms with van der Waals surface area (Å²) in [7, 11) is 2.06. The fourth-order valence-electron chi connectivity index (χ4n) is 3.23. The van der Waals surface area contributed by atoms with Crippen LogP contribution in [0, 0.1) is 0 Å². The van der Waals surface area contributed by atoms with Crippen LogP contribution in [-0.4, -0.2) is 61.4 Å². The topological polar surface area (TPSA) is 52.7 Å². The molecule has 1 fully saturated rings. The van der Waals surface area contributed by atoms with Crippen LogP contribution in [0.2, 0.25) is 0 Å². The maximum absolute atomic E-state index is 12.7. The summed E-state index contributed by atoms with van der Waals surface area (Å²) in [5.74, 6) is -0.127. The molecule has 0 aliphatic carbocycles. The number of carbonyl (C=O) groups excluding carboxylic acids is 2. The number of nitrogens with one attached hydrogen (secondary N) is 1.